The molecule has 1 unspecified atom stereocenters. The van der Waals surface area contributed by atoms with Crippen molar-refractivity contribution in [3.8, 4) is 0 Å². The van der Waals surface area contributed by atoms with Crippen LogP contribution in [0.15, 0.2) is 41.1 Å². The molecular weight excluding hydrogens is 400 g/mol. The SMILES string of the molecule is OC(c1ccncc1F)c1cc(Br)ccc1I. The Bertz CT molecular complexity index is 550. The number of aliphatic hydroxyl groups excluding tert-OH is 1. The highest BCUT2D eigenvalue weighted by Crippen LogP contribution is 2.29. The van der Waals surface area contributed by atoms with Gasteiger partial charge >= 0.3 is 0 Å². The fourth-order valence-electron chi connectivity index (χ4n) is 1.50. The van der Waals surface area contributed by atoms with Crippen molar-refractivity contribution in [3.63, 3.8) is 0 Å². The van der Waals surface area contributed by atoms with Crippen LogP contribution in [0.4, 0.5) is 4.39 Å². The Kier molecular flexibility index (Phi) is 4.11. The first kappa shape index (κ1) is 12.9. The van der Waals surface area contributed by atoms with Crippen LogP contribution in [-0.4, -0.2) is 10.1 Å². The van der Waals surface area contributed by atoms with Crippen molar-refractivity contribution in [1.29, 1.82) is 0 Å². The van der Waals surface area contributed by atoms with Gasteiger partial charge in [-0.3, -0.25) is 4.98 Å². The standard InChI is InChI=1S/C12H8BrFINO/c13-7-1-2-11(15)9(5-7)12(17)8-3-4-16-6-10(8)14/h1-6,12,17H. The van der Waals surface area contributed by atoms with Crippen LogP contribution < -0.4 is 0 Å². The third kappa shape index (κ3) is 2.83. The van der Waals surface area contributed by atoms with E-state index in [0.29, 0.717) is 5.56 Å². The molecule has 1 aromatic heterocycles. The molecule has 2 aromatic rings. The lowest BCUT2D eigenvalue weighted by atomic mass is 10.0. The second-order valence-electron chi connectivity index (χ2n) is 3.47. The van der Waals surface area contributed by atoms with Crippen molar-refractivity contribution < 1.29 is 9.50 Å². The number of hydrogen-bond donors (Lipinski definition) is 1. The maximum Gasteiger partial charge on any atom is 0.147 e. The third-order valence-corrected chi connectivity index (χ3v) is 3.83. The summed E-state index contributed by atoms with van der Waals surface area (Å²) >= 11 is 5.45. The summed E-state index contributed by atoms with van der Waals surface area (Å²) in [4.78, 5) is 3.66. The summed E-state index contributed by atoms with van der Waals surface area (Å²) < 4.78 is 15.3. The van der Waals surface area contributed by atoms with Crippen LogP contribution in [0, 0.1) is 9.39 Å². The molecule has 88 valence electrons. The lowest BCUT2D eigenvalue weighted by Gasteiger charge is -2.14. The number of hydrogen-bond acceptors (Lipinski definition) is 2. The largest absolute Gasteiger partial charge is 0.384 e. The number of nitrogens with zero attached hydrogens (tertiary/aromatic N) is 1. The van der Waals surface area contributed by atoms with Gasteiger partial charge in [-0.05, 0) is 52.4 Å². The Morgan fingerprint density at radius 3 is 2.76 bits per heavy atom. The average molecular weight is 408 g/mol. The molecule has 0 amide bonds. The van der Waals surface area contributed by atoms with Crippen molar-refractivity contribution in [2.45, 2.75) is 6.10 Å². The highest BCUT2D eigenvalue weighted by atomic mass is 127. The number of aliphatic hydroxyl groups is 1. The highest BCUT2D eigenvalue weighted by Gasteiger charge is 2.17. The van der Waals surface area contributed by atoms with Gasteiger partial charge in [0.15, 0.2) is 0 Å². The Morgan fingerprint density at radius 2 is 2.06 bits per heavy atom. The molecule has 0 bridgehead atoms. The second-order valence-corrected chi connectivity index (χ2v) is 5.54. The van der Waals surface area contributed by atoms with Crippen LogP contribution in [0.5, 0.6) is 0 Å². The van der Waals surface area contributed by atoms with Crippen molar-refractivity contribution >= 4 is 38.5 Å². The smallest absolute Gasteiger partial charge is 0.147 e. The predicted octanol–water partition coefficient (Wildman–Crippen LogP) is 3.67. The van der Waals surface area contributed by atoms with E-state index in [4.69, 9.17) is 0 Å². The van der Waals surface area contributed by atoms with Crippen LogP contribution in [-0.2, 0) is 0 Å². The number of halogens is 3. The normalized spacial score (nSPS) is 12.5. The molecule has 0 aliphatic rings. The maximum atomic E-state index is 13.5. The lowest BCUT2D eigenvalue weighted by molar-refractivity contribution is 0.214. The third-order valence-electron chi connectivity index (χ3n) is 2.35. The van der Waals surface area contributed by atoms with E-state index in [0.717, 1.165) is 14.2 Å². The zero-order valence-electron chi connectivity index (χ0n) is 8.57. The summed E-state index contributed by atoms with van der Waals surface area (Å²) in [6, 6.07) is 7.01. The van der Waals surface area contributed by atoms with Gasteiger partial charge in [0.2, 0.25) is 0 Å². The molecule has 1 atom stereocenters. The zero-order valence-corrected chi connectivity index (χ0v) is 12.3. The molecule has 5 heteroatoms. The van der Waals surface area contributed by atoms with E-state index in [1.165, 1.54) is 12.3 Å². The summed E-state index contributed by atoms with van der Waals surface area (Å²) in [5.41, 5.74) is 0.904. The van der Waals surface area contributed by atoms with Crippen molar-refractivity contribution in [1.82, 2.24) is 4.98 Å². The summed E-state index contributed by atoms with van der Waals surface area (Å²) in [6.45, 7) is 0. The minimum absolute atomic E-state index is 0.232. The maximum absolute atomic E-state index is 13.5. The molecule has 0 fully saturated rings. The van der Waals surface area contributed by atoms with E-state index < -0.39 is 11.9 Å². The minimum atomic E-state index is -0.984. The fraction of sp³-hybridized carbons (Fsp3) is 0.0833. The van der Waals surface area contributed by atoms with Gasteiger partial charge in [0.1, 0.15) is 11.9 Å². The number of aromatic nitrogens is 1. The second kappa shape index (κ2) is 5.41. The van der Waals surface area contributed by atoms with Crippen LogP contribution in [0.2, 0.25) is 0 Å². The molecule has 2 rings (SSSR count). The molecule has 0 aliphatic carbocycles. The van der Waals surface area contributed by atoms with Gasteiger partial charge in [-0.2, -0.15) is 0 Å². The van der Waals surface area contributed by atoms with Crippen molar-refractivity contribution in [2.75, 3.05) is 0 Å². The molecule has 1 aromatic carbocycles. The fourth-order valence-corrected chi connectivity index (χ4v) is 2.51. The molecule has 2 nitrogen and oxygen atoms in total. The molecule has 0 spiro atoms. The number of benzene rings is 1. The monoisotopic (exact) mass is 407 g/mol. The summed E-state index contributed by atoms with van der Waals surface area (Å²) in [5, 5.41) is 10.2. The Hall–Kier alpha value is -0.530. The van der Waals surface area contributed by atoms with Gasteiger partial charge < -0.3 is 5.11 Å². The van der Waals surface area contributed by atoms with Crippen LogP contribution in [0.1, 0.15) is 17.2 Å². The quantitative estimate of drug-likeness (QED) is 0.770. The van der Waals surface area contributed by atoms with E-state index in [1.807, 2.05) is 12.1 Å². The first-order valence-electron chi connectivity index (χ1n) is 4.82. The van der Waals surface area contributed by atoms with E-state index in [2.05, 4.69) is 43.5 Å². The van der Waals surface area contributed by atoms with Gasteiger partial charge in [0.25, 0.3) is 0 Å². The van der Waals surface area contributed by atoms with E-state index in [-0.39, 0.29) is 5.56 Å². The number of pyridine rings is 1. The Morgan fingerprint density at radius 1 is 1.29 bits per heavy atom. The van der Waals surface area contributed by atoms with Gasteiger partial charge in [-0.25, -0.2) is 4.39 Å². The molecular formula is C12H8BrFINO. The molecule has 17 heavy (non-hydrogen) atoms. The van der Waals surface area contributed by atoms with Gasteiger partial charge in [0, 0.05) is 19.8 Å². The summed E-state index contributed by atoms with van der Waals surface area (Å²) in [6.07, 6.45) is 1.58. The van der Waals surface area contributed by atoms with Gasteiger partial charge in [0.05, 0.1) is 6.20 Å². The molecule has 0 saturated heterocycles. The van der Waals surface area contributed by atoms with E-state index in [1.54, 1.807) is 6.07 Å². The predicted molar refractivity (Wildman–Crippen MR) is 75.1 cm³/mol. The highest BCUT2D eigenvalue weighted by molar-refractivity contribution is 14.1. The lowest BCUT2D eigenvalue weighted by Crippen LogP contribution is -2.05. The summed E-state index contributed by atoms with van der Waals surface area (Å²) in [7, 11) is 0. The topological polar surface area (TPSA) is 33.1 Å². The molecule has 1 heterocycles. The first-order chi connectivity index (χ1) is 8.09. The minimum Gasteiger partial charge on any atom is -0.384 e. The van der Waals surface area contributed by atoms with Crippen molar-refractivity contribution in [2.24, 2.45) is 0 Å². The van der Waals surface area contributed by atoms with E-state index >= 15 is 0 Å². The average Bonchev–Trinajstić information content (AvgIpc) is 2.32. The van der Waals surface area contributed by atoms with E-state index in [9.17, 15) is 9.50 Å². The van der Waals surface area contributed by atoms with Crippen molar-refractivity contribution in [3.05, 3.63) is 61.6 Å². The van der Waals surface area contributed by atoms with Gasteiger partial charge in [-0.1, -0.05) is 15.9 Å². The molecule has 0 aliphatic heterocycles. The molecule has 0 saturated carbocycles. The summed E-state index contributed by atoms with van der Waals surface area (Å²) in [5.74, 6) is -0.504. The molecule has 1 N–H and O–H groups in total. The van der Waals surface area contributed by atoms with Crippen LogP contribution >= 0.6 is 38.5 Å². The van der Waals surface area contributed by atoms with Crippen LogP contribution in [0.3, 0.4) is 0 Å². The van der Waals surface area contributed by atoms with Gasteiger partial charge in [-0.15, -0.1) is 0 Å². The van der Waals surface area contributed by atoms with Crippen LogP contribution in [0.25, 0.3) is 0 Å². The first-order valence-corrected chi connectivity index (χ1v) is 6.69. The Labute approximate surface area is 120 Å². The zero-order chi connectivity index (χ0) is 12.4. The molecule has 0 radical (unpaired) electrons. The Balaban J connectivity index is 2.47. The number of rotatable bonds is 2.